The zero-order chi connectivity index (χ0) is 11.4. The van der Waals surface area contributed by atoms with E-state index in [4.69, 9.17) is 9.84 Å². The van der Waals surface area contributed by atoms with E-state index >= 15 is 0 Å². The molecule has 1 N–H and O–H groups in total. The molecule has 7 nitrogen and oxygen atoms in total. The molecular formula is C9H14N4O3. The molecule has 0 unspecified atom stereocenters. The number of carboxylic acids is 1. The number of carbonyl (C=O) groups is 1. The minimum absolute atomic E-state index is 0.143. The van der Waals surface area contributed by atoms with E-state index in [1.807, 2.05) is 0 Å². The van der Waals surface area contributed by atoms with Crippen molar-refractivity contribution in [2.75, 3.05) is 26.3 Å². The van der Waals surface area contributed by atoms with E-state index in [1.165, 1.54) is 4.68 Å². The van der Waals surface area contributed by atoms with Gasteiger partial charge in [-0.2, -0.15) is 0 Å². The van der Waals surface area contributed by atoms with Crippen LogP contribution in [0.25, 0.3) is 0 Å². The fourth-order valence-corrected chi connectivity index (χ4v) is 1.62. The van der Waals surface area contributed by atoms with E-state index in [-0.39, 0.29) is 6.54 Å². The van der Waals surface area contributed by atoms with Gasteiger partial charge < -0.3 is 9.84 Å². The van der Waals surface area contributed by atoms with Crippen molar-refractivity contribution in [3.05, 3.63) is 11.9 Å². The second-order valence-corrected chi connectivity index (χ2v) is 3.69. The average Bonchev–Trinajstić information content (AvgIpc) is 2.66. The number of morpholine rings is 1. The van der Waals surface area contributed by atoms with Crippen molar-refractivity contribution in [1.82, 2.24) is 19.9 Å². The maximum atomic E-state index is 10.5. The summed E-state index contributed by atoms with van der Waals surface area (Å²) in [5.74, 6) is -0.914. The molecule has 1 aromatic heterocycles. The van der Waals surface area contributed by atoms with Gasteiger partial charge in [0.15, 0.2) is 0 Å². The minimum atomic E-state index is -0.914. The van der Waals surface area contributed by atoms with Crippen molar-refractivity contribution in [1.29, 1.82) is 0 Å². The average molecular weight is 226 g/mol. The summed E-state index contributed by atoms with van der Waals surface area (Å²) in [6.45, 7) is 3.79. The summed E-state index contributed by atoms with van der Waals surface area (Å²) >= 11 is 0. The summed E-state index contributed by atoms with van der Waals surface area (Å²) in [5.41, 5.74) is 0.795. The third-order valence-corrected chi connectivity index (χ3v) is 2.37. The first-order valence-corrected chi connectivity index (χ1v) is 5.15. The Morgan fingerprint density at radius 2 is 2.25 bits per heavy atom. The first-order chi connectivity index (χ1) is 7.74. The largest absolute Gasteiger partial charge is 0.480 e. The van der Waals surface area contributed by atoms with Gasteiger partial charge in [-0.25, -0.2) is 4.68 Å². The molecule has 0 amide bonds. The van der Waals surface area contributed by atoms with E-state index in [0.717, 1.165) is 32.0 Å². The molecule has 0 saturated carbocycles. The fraction of sp³-hybridized carbons (Fsp3) is 0.667. The van der Waals surface area contributed by atoms with Crippen LogP contribution in [-0.4, -0.2) is 57.3 Å². The molecule has 0 aliphatic carbocycles. The van der Waals surface area contributed by atoms with Crippen molar-refractivity contribution < 1.29 is 14.6 Å². The van der Waals surface area contributed by atoms with E-state index in [2.05, 4.69) is 15.2 Å². The van der Waals surface area contributed by atoms with E-state index in [9.17, 15) is 4.79 Å². The van der Waals surface area contributed by atoms with Crippen LogP contribution < -0.4 is 0 Å². The van der Waals surface area contributed by atoms with Crippen molar-refractivity contribution in [2.45, 2.75) is 13.1 Å². The van der Waals surface area contributed by atoms with Crippen LogP contribution in [0.15, 0.2) is 6.20 Å². The second kappa shape index (κ2) is 5.04. The Hall–Kier alpha value is -1.47. The Bertz CT molecular complexity index is 359. The predicted molar refractivity (Wildman–Crippen MR) is 53.8 cm³/mol. The van der Waals surface area contributed by atoms with Gasteiger partial charge in [-0.3, -0.25) is 9.69 Å². The van der Waals surface area contributed by atoms with Gasteiger partial charge in [0.25, 0.3) is 0 Å². The molecule has 0 bridgehead atoms. The highest BCUT2D eigenvalue weighted by atomic mass is 16.5. The molecule has 1 fully saturated rings. The fourth-order valence-electron chi connectivity index (χ4n) is 1.62. The zero-order valence-electron chi connectivity index (χ0n) is 8.87. The molecule has 7 heteroatoms. The molecule has 16 heavy (non-hydrogen) atoms. The van der Waals surface area contributed by atoms with Gasteiger partial charge in [0, 0.05) is 19.6 Å². The summed E-state index contributed by atoms with van der Waals surface area (Å²) in [4.78, 5) is 12.7. The van der Waals surface area contributed by atoms with Gasteiger partial charge in [0.05, 0.1) is 25.1 Å². The van der Waals surface area contributed by atoms with Crippen LogP contribution in [-0.2, 0) is 22.6 Å². The standard InChI is InChI=1S/C9H14N4O3/c14-9(15)7-13-6-8(10-11-13)5-12-1-3-16-4-2-12/h6H,1-5,7H2,(H,14,15). The molecule has 1 aliphatic heterocycles. The van der Waals surface area contributed by atoms with Crippen molar-refractivity contribution in [2.24, 2.45) is 0 Å². The van der Waals surface area contributed by atoms with Crippen molar-refractivity contribution >= 4 is 5.97 Å². The van der Waals surface area contributed by atoms with E-state index in [1.54, 1.807) is 6.20 Å². The molecular weight excluding hydrogens is 212 g/mol. The van der Waals surface area contributed by atoms with Gasteiger partial charge in [-0.05, 0) is 0 Å². The number of hydrogen-bond donors (Lipinski definition) is 1. The molecule has 0 atom stereocenters. The third kappa shape index (κ3) is 3.01. The molecule has 0 spiro atoms. The lowest BCUT2D eigenvalue weighted by atomic mass is 10.3. The lowest BCUT2D eigenvalue weighted by Gasteiger charge is -2.25. The number of carboxylic acid groups (broad SMARTS) is 1. The Labute approximate surface area is 92.6 Å². The van der Waals surface area contributed by atoms with Crippen LogP contribution in [0.1, 0.15) is 5.69 Å². The van der Waals surface area contributed by atoms with Gasteiger partial charge in [0.1, 0.15) is 6.54 Å². The normalized spacial score (nSPS) is 17.5. The quantitative estimate of drug-likeness (QED) is 0.723. The first kappa shape index (κ1) is 11.0. The van der Waals surface area contributed by atoms with Gasteiger partial charge in [-0.1, -0.05) is 5.21 Å². The van der Waals surface area contributed by atoms with E-state index < -0.39 is 5.97 Å². The smallest absolute Gasteiger partial charge is 0.325 e. The second-order valence-electron chi connectivity index (χ2n) is 3.69. The molecule has 1 aromatic rings. The molecule has 1 saturated heterocycles. The predicted octanol–water partition coefficient (Wildman–Crippen LogP) is -0.805. The number of aliphatic carboxylic acids is 1. The van der Waals surface area contributed by atoms with Crippen molar-refractivity contribution in [3.63, 3.8) is 0 Å². The molecule has 1 aliphatic rings. The van der Waals surface area contributed by atoms with Gasteiger partial charge >= 0.3 is 5.97 Å². The van der Waals surface area contributed by atoms with Crippen LogP contribution in [0.3, 0.4) is 0 Å². The summed E-state index contributed by atoms with van der Waals surface area (Å²) in [6, 6.07) is 0. The van der Waals surface area contributed by atoms with Crippen LogP contribution in [0.4, 0.5) is 0 Å². The molecule has 0 aromatic carbocycles. The summed E-state index contributed by atoms with van der Waals surface area (Å²) in [7, 11) is 0. The maximum Gasteiger partial charge on any atom is 0.325 e. The Balaban J connectivity index is 1.88. The van der Waals surface area contributed by atoms with Crippen LogP contribution in [0.2, 0.25) is 0 Å². The highest BCUT2D eigenvalue weighted by Gasteiger charge is 2.12. The van der Waals surface area contributed by atoms with E-state index in [0.29, 0.717) is 6.54 Å². The maximum absolute atomic E-state index is 10.5. The van der Waals surface area contributed by atoms with Crippen LogP contribution in [0, 0.1) is 0 Å². The molecule has 88 valence electrons. The summed E-state index contributed by atoms with van der Waals surface area (Å²) in [6.07, 6.45) is 1.67. The molecule has 2 heterocycles. The highest BCUT2D eigenvalue weighted by Crippen LogP contribution is 2.03. The Kier molecular flexibility index (Phi) is 3.47. The number of nitrogens with zero attached hydrogens (tertiary/aromatic N) is 4. The third-order valence-electron chi connectivity index (χ3n) is 2.37. The number of hydrogen-bond acceptors (Lipinski definition) is 5. The Morgan fingerprint density at radius 3 is 2.94 bits per heavy atom. The summed E-state index contributed by atoms with van der Waals surface area (Å²) < 4.78 is 6.57. The van der Waals surface area contributed by atoms with Gasteiger partial charge in [0.2, 0.25) is 0 Å². The first-order valence-electron chi connectivity index (χ1n) is 5.15. The highest BCUT2D eigenvalue weighted by molar-refractivity contribution is 5.66. The Morgan fingerprint density at radius 1 is 1.50 bits per heavy atom. The molecule has 2 rings (SSSR count). The molecule has 0 radical (unpaired) electrons. The van der Waals surface area contributed by atoms with Crippen LogP contribution in [0.5, 0.6) is 0 Å². The monoisotopic (exact) mass is 226 g/mol. The number of ether oxygens (including phenoxy) is 1. The summed E-state index contributed by atoms with van der Waals surface area (Å²) in [5, 5.41) is 16.3. The minimum Gasteiger partial charge on any atom is -0.480 e. The lowest BCUT2D eigenvalue weighted by Crippen LogP contribution is -2.35. The van der Waals surface area contributed by atoms with Crippen LogP contribution >= 0.6 is 0 Å². The number of rotatable bonds is 4. The van der Waals surface area contributed by atoms with Gasteiger partial charge in [-0.15, -0.1) is 5.10 Å². The zero-order valence-corrected chi connectivity index (χ0v) is 8.87. The lowest BCUT2D eigenvalue weighted by molar-refractivity contribution is -0.137. The SMILES string of the molecule is O=C(O)Cn1cc(CN2CCOCC2)nn1. The number of aromatic nitrogens is 3. The van der Waals surface area contributed by atoms with Crippen molar-refractivity contribution in [3.8, 4) is 0 Å². The topological polar surface area (TPSA) is 80.5 Å².